The zero-order valence-corrected chi connectivity index (χ0v) is 10.7. The summed E-state index contributed by atoms with van der Waals surface area (Å²) in [5.41, 5.74) is 6.66. The van der Waals surface area contributed by atoms with Crippen LogP contribution < -0.4 is 5.73 Å². The van der Waals surface area contributed by atoms with Gasteiger partial charge in [0.1, 0.15) is 30.2 Å². The van der Waals surface area contributed by atoms with E-state index in [1.54, 1.807) is 4.57 Å². The minimum Gasteiger partial charge on any atom is -0.394 e. The summed E-state index contributed by atoms with van der Waals surface area (Å²) in [6.45, 7) is -0.304. The molecule has 0 spiro atoms. The van der Waals surface area contributed by atoms with Gasteiger partial charge >= 0.3 is 0 Å². The summed E-state index contributed by atoms with van der Waals surface area (Å²) < 4.78 is 12.5. The topological polar surface area (TPSA) is 129 Å². The lowest BCUT2D eigenvalue weighted by Crippen LogP contribution is -2.34. The van der Waals surface area contributed by atoms with Gasteiger partial charge in [-0.3, -0.25) is 4.57 Å². The van der Waals surface area contributed by atoms with Gasteiger partial charge in [-0.05, 0) is 0 Å². The van der Waals surface area contributed by atoms with E-state index in [4.69, 9.17) is 15.2 Å². The Labute approximate surface area is 114 Å². The second kappa shape index (κ2) is 4.94. The number of nitrogens with zero attached hydrogens (tertiary/aromatic N) is 4. The van der Waals surface area contributed by atoms with Crippen LogP contribution in [0, 0.1) is 0 Å². The van der Waals surface area contributed by atoms with Crippen molar-refractivity contribution >= 4 is 17.0 Å². The Morgan fingerprint density at radius 3 is 2.95 bits per heavy atom. The van der Waals surface area contributed by atoms with E-state index in [1.165, 1.54) is 19.8 Å². The number of hydrogen-bond donors (Lipinski definition) is 3. The summed E-state index contributed by atoms with van der Waals surface area (Å²) in [7, 11) is 1.46. The molecule has 0 amide bonds. The molecule has 0 saturated carbocycles. The van der Waals surface area contributed by atoms with Gasteiger partial charge in [0.25, 0.3) is 0 Å². The molecule has 1 aliphatic rings. The van der Waals surface area contributed by atoms with Crippen LogP contribution >= 0.6 is 0 Å². The monoisotopic (exact) mass is 281 g/mol. The number of ether oxygens (including phenoxy) is 2. The van der Waals surface area contributed by atoms with E-state index < -0.39 is 24.5 Å². The first-order valence-corrected chi connectivity index (χ1v) is 6.07. The highest BCUT2D eigenvalue weighted by molar-refractivity contribution is 5.81. The molecule has 108 valence electrons. The van der Waals surface area contributed by atoms with Gasteiger partial charge in [0.05, 0.1) is 12.9 Å². The van der Waals surface area contributed by atoms with Gasteiger partial charge in [0, 0.05) is 7.11 Å². The molecule has 9 heteroatoms. The smallest absolute Gasteiger partial charge is 0.167 e. The van der Waals surface area contributed by atoms with Crippen molar-refractivity contribution in [1.82, 2.24) is 19.5 Å². The Morgan fingerprint density at radius 2 is 2.25 bits per heavy atom. The number of nitrogen functional groups attached to an aromatic ring is 1. The van der Waals surface area contributed by atoms with Crippen LogP contribution in [0.5, 0.6) is 0 Å². The summed E-state index contributed by atoms with van der Waals surface area (Å²) in [6, 6.07) is 0. The minimum atomic E-state index is -0.938. The van der Waals surface area contributed by atoms with E-state index in [2.05, 4.69) is 15.0 Å². The third kappa shape index (κ3) is 1.83. The van der Waals surface area contributed by atoms with Crippen LogP contribution in [-0.2, 0) is 9.47 Å². The quantitative estimate of drug-likeness (QED) is 0.631. The SMILES string of the molecule is COC1[C@@H](O)[C@@H](CO)O[C@H]1n1cnc2c(N)ncnc21. The van der Waals surface area contributed by atoms with Crippen molar-refractivity contribution in [1.29, 1.82) is 0 Å². The first kappa shape index (κ1) is 13.2. The Bertz CT molecular complexity index is 618. The van der Waals surface area contributed by atoms with Crippen molar-refractivity contribution in [3.05, 3.63) is 12.7 Å². The first-order valence-electron chi connectivity index (χ1n) is 6.07. The number of anilines is 1. The Hall–Kier alpha value is -1.81. The van der Waals surface area contributed by atoms with Crippen LogP contribution in [0.15, 0.2) is 12.7 Å². The Balaban J connectivity index is 2.04. The molecule has 0 aromatic carbocycles. The molecule has 4 N–H and O–H groups in total. The number of aliphatic hydroxyl groups excluding tert-OH is 2. The molecular weight excluding hydrogens is 266 g/mol. The van der Waals surface area contributed by atoms with Gasteiger partial charge in [0.15, 0.2) is 17.7 Å². The number of aromatic nitrogens is 4. The first-order chi connectivity index (χ1) is 9.67. The Kier molecular flexibility index (Phi) is 3.26. The second-order valence-corrected chi connectivity index (χ2v) is 4.52. The van der Waals surface area contributed by atoms with E-state index in [-0.39, 0.29) is 12.4 Å². The van der Waals surface area contributed by atoms with E-state index in [1.807, 2.05) is 0 Å². The highest BCUT2D eigenvalue weighted by Crippen LogP contribution is 2.33. The normalized spacial score (nSPS) is 30.1. The van der Waals surface area contributed by atoms with Crippen LogP contribution in [0.25, 0.3) is 11.2 Å². The fourth-order valence-corrected chi connectivity index (χ4v) is 2.40. The standard InChI is InChI=1S/C11H15N5O4/c1-19-8-7(18)5(2-17)20-11(8)16-4-15-6-9(12)13-3-14-10(6)16/h3-5,7-8,11,17-18H,2H2,1H3,(H2,12,13,14)/t5-,7+,8?,11-/m1/s1. The fourth-order valence-electron chi connectivity index (χ4n) is 2.40. The number of hydrogen-bond acceptors (Lipinski definition) is 8. The van der Waals surface area contributed by atoms with Crippen molar-refractivity contribution in [2.45, 2.75) is 24.5 Å². The van der Waals surface area contributed by atoms with Crippen LogP contribution in [0.3, 0.4) is 0 Å². The van der Waals surface area contributed by atoms with Crippen LogP contribution in [-0.4, -0.2) is 61.8 Å². The summed E-state index contributed by atoms with van der Waals surface area (Å²) in [5, 5.41) is 19.3. The van der Waals surface area contributed by atoms with Crippen LogP contribution in [0.2, 0.25) is 0 Å². The molecule has 20 heavy (non-hydrogen) atoms. The van der Waals surface area contributed by atoms with Crippen LogP contribution in [0.4, 0.5) is 5.82 Å². The highest BCUT2D eigenvalue weighted by atomic mass is 16.6. The maximum Gasteiger partial charge on any atom is 0.167 e. The van der Waals surface area contributed by atoms with Crippen molar-refractivity contribution in [3.8, 4) is 0 Å². The lowest BCUT2D eigenvalue weighted by Gasteiger charge is -2.19. The van der Waals surface area contributed by atoms with Crippen molar-refractivity contribution in [3.63, 3.8) is 0 Å². The molecule has 1 unspecified atom stereocenters. The van der Waals surface area contributed by atoms with Gasteiger partial charge in [-0.1, -0.05) is 0 Å². The zero-order valence-electron chi connectivity index (χ0n) is 10.7. The highest BCUT2D eigenvalue weighted by Gasteiger charge is 2.45. The number of fused-ring (bicyclic) bond motifs is 1. The average Bonchev–Trinajstić information content (AvgIpc) is 3.00. The van der Waals surface area contributed by atoms with Crippen LogP contribution in [0.1, 0.15) is 6.23 Å². The number of rotatable bonds is 3. The molecule has 3 heterocycles. The molecule has 0 bridgehead atoms. The fraction of sp³-hybridized carbons (Fsp3) is 0.545. The predicted octanol–water partition coefficient (Wildman–Crippen LogP) is -1.33. The maximum absolute atomic E-state index is 10.0. The molecule has 2 aromatic rings. The lowest BCUT2D eigenvalue weighted by atomic mass is 10.1. The molecule has 1 saturated heterocycles. The minimum absolute atomic E-state index is 0.264. The molecule has 3 rings (SSSR count). The molecule has 9 nitrogen and oxygen atoms in total. The second-order valence-electron chi connectivity index (χ2n) is 4.52. The number of aliphatic hydroxyl groups is 2. The molecule has 0 radical (unpaired) electrons. The molecule has 0 aliphatic carbocycles. The molecule has 4 atom stereocenters. The van der Waals surface area contributed by atoms with Gasteiger partial charge in [-0.15, -0.1) is 0 Å². The van der Waals surface area contributed by atoms with E-state index in [9.17, 15) is 10.2 Å². The molecule has 1 fully saturated rings. The Morgan fingerprint density at radius 1 is 1.45 bits per heavy atom. The maximum atomic E-state index is 10.0. The van der Waals surface area contributed by atoms with Gasteiger partial charge in [0.2, 0.25) is 0 Å². The zero-order chi connectivity index (χ0) is 14.3. The largest absolute Gasteiger partial charge is 0.394 e. The number of methoxy groups -OCH3 is 1. The molecule has 1 aliphatic heterocycles. The van der Waals surface area contributed by atoms with E-state index in [0.29, 0.717) is 11.2 Å². The van der Waals surface area contributed by atoms with Crippen molar-refractivity contribution < 1.29 is 19.7 Å². The number of imidazole rings is 1. The third-order valence-electron chi connectivity index (χ3n) is 3.43. The van der Waals surface area contributed by atoms with E-state index >= 15 is 0 Å². The summed E-state index contributed by atoms with van der Waals surface area (Å²) in [6.07, 6.45) is -0.119. The van der Waals surface area contributed by atoms with Gasteiger partial charge < -0.3 is 25.4 Å². The average molecular weight is 281 g/mol. The summed E-state index contributed by atoms with van der Waals surface area (Å²) in [4.78, 5) is 12.1. The van der Waals surface area contributed by atoms with Crippen molar-refractivity contribution in [2.75, 3.05) is 19.5 Å². The molecule has 2 aromatic heterocycles. The lowest BCUT2D eigenvalue weighted by molar-refractivity contribution is -0.0583. The predicted molar refractivity (Wildman–Crippen MR) is 67.5 cm³/mol. The van der Waals surface area contributed by atoms with Crippen molar-refractivity contribution in [2.24, 2.45) is 0 Å². The number of nitrogens with two attached hydrogens (primary N) is 1. The van der Waals surface area contributed by atoms with Gasteiger partial charge in [-0.2, -0.15) is 0 Å². The van der Waals surface area contributed by atoms with E-state index in [0.717, 1.165) is 0 Å². The summed E-state index contributed by atoms with van der Waals surface area (Å²) >= 11 is 0. The molecular formula is C11H15N5O4. The third-order valence-corrected chi connectivity index (χ3v) is 3.43. The summed E-state index contributed by atoms with van der Waals surface area (Å²) in [5.74, 6) is 0.264. The van der Waals surface area contributed by atoms with Gasteiger partial charge in [-0.25, -0.2) is 15.0 Å².